The van der Waals surface area contributed by atoms with Gasteiger partial charge in [0.15, 0.2) is 0 Å². The van der Waals surface area contributed by atoms with Crippen LogP contribution in [0.1, 0.15) is 57.4 Å². The van der Waals surface area contributed by atoms with E-state index in [1.807, 2.05) is 0 Å². The number of nitrogens with zero attached hydrogens (tertiary/aromatic N) is 2. The van der Waals surface area contributed by atoms with Gasteiger partial charge in [-0.05, 0) is 6.42 Å². The summed E-state index contributed by atoms with van der Waals surface area (Å²) in [6.45, 7) is 2.16. The maximum Gasteiger partial charge on any atom is 0.270 e. The Kier molecular flexibility index (Phi) is 8.99. The first-order chi connectivity index (χ1) is 11.4. The summed E-state index contributed by atoms with van der Waals surface area (Å²) in [5.74, 6) is 0.0348. The highest BCUT2D eigenvalue weighted by molar-refractivity contribution is 7.89. The highest BCUT2D eigenvalue weighted by Gasteiger charge is 2.08. The molecule has 1 aromatic carbocycles. The summed E-state index contributed by atoms with van der Waals surface area (Å²) >= 11 is 0. The summed E-state index contributed by atoms with van der Waals surface area (Å²) in [7, 11) is -3.46. The first-order valence-electron chi connectivity index (χ1n) is 8.21. The summed E-state index contributed by atoms with van der Waals surface area (Å²) in [6, 6.07) is 5.82. The monoisotopic (exact) mass is 355 g/mol. The Hall–Kier alpha value is -1.96. The molecule has 0 unspecified atom stereocenters. The SMILES string of the molecule is CCCCCCCCCS(=O)(=O)N/N=C/c1cccc([N+](=O)[O-])c1. The van der Waals surface area contributed by atoms with Crippen LogP contribution < -0.4 is 4.83 Å². The molecule has 0 aromatic heterocycles. The van der Waals surface area contributed by atoms with E-state index in [0.29, 0.717) is 12.0 Å². The molecular formula is C16H25N3O4S. The Labute approximate surface area is 143 Å². The van der Waals surface area contributed by atoms with Crippen molar-refractivity contribution in [2.24, 2.45) is 5.10 Å². The number of hydrogen-bond donors (Lipinski definition) is 1. The van der Waals surface area contributed by atoms with Gasteiger partial charge in [0.05, 0.1) is 16.9 Å². The third kappa shape index (κ3) is 8.61. The minimum absolute atomic E-state index is 0.0348. The average molecular weight is 355 g/mol. The normalized spacial score (nSPS) is 11.7. The summed E-state index contributed by atoms with van der Waals surface area (Å²) in [6.07, 6.45) is 8.57. The van der Waals surface area contributed by atoms with Crippen LogP contribution in [-0.2, 0) is 10.0 Å². The van der Waals surface area contributed by atoms with Gasteiger partial charge in [-0.25, -0.2) is 13.2 Å². The van der Waals surface area contributed by atoms with Crippen LogP contribution >= 0.6 is 0 Å². The minimum Gasteiger partial charge on any atom is -0.258 e. The Morgan fingerprint density at radius 1 is 1.17 bits per heavy atom. The van der Waals surface area contributed by atoms with Gasteiger partial charge in [-0.3, -0.25) is 10.1 Å². The van der Waals surface area contributed by atoms with Gasteiger partial charge in [0.25, 0.3) is 5.69 Å². The second kappa shape index (κ2) is 10.7. The molecule has 0 saturated carbocycles. The highest BCUT2D eigenvalue weighted by atomic mass is 32.2. The van der Waals surface area contributed by atoms with Gasteiger partial charge in [0.2, 0.25) is 10.0 Å². The number of rotatable bonds is 12. The van der Waals surface area contributed by atoms with Crippen LogP contribution in [0.2, 0.25) is 0 Å². The van der Waals surface area contributed by atoms with Crippen molar-refractivity contribution in [3.8, 4) is 0 Å². The molecule has 134 valence electrons. The van der Waals surface area contributed by atoms with E-state index < -0.39 is 14.9 Å². The van der Waals surface area contributed by atoms with Crippen LogP contribution in [0.15, 0.2) is 29.4 Å². The topological polar surface area (TPSA) is 102 Å². The van der Waals surface area contributed by atoms with E-state index in [0.717, 1.165) is 19.3 Å². The zero-order valence-corrected chi connectivity index (χ0v) is 14.8. The number of nitrogens with one attached hydrogen (secondary N) is 1. The molecule has 1 N–H and O–H groups in total. The molecule has 0 atom stereocenters. The molecule has 1 aromatic rings. The van der Waals surface area contributed by atoms with Crippen molar-refractivity contribution >= 4 is 21.9 Å². The van der Waals surface area contributed by atoms with Gasteiger partial charge < -0.3 is 0 Å². The first-order valence-corrected chi connectivity index (χ1v) is 9.87. The fourth-order valence-corrected chi connectivity index (χ4v) is 3.08. The van der Waals surface area contributed by atoms with Crippen LogP contribution in [0, 0.1) is 10.1 Å². The lowest BCUT2D eigenvalue weighted by Crippen LogP contribution is -2.21. The predicted molar refractivity (Wildman–Crippen MR) is 95.6 cm³/mol. The molecule has 0 spiro atoms. The third-order valence-corrected chi connectivity index (χ3v) is 4.71. The lowest BCUT2D eigenvalue weighted by atomic mass is 10.1. The van der Waals surface area contributed by atoms with Gasteiger partial charge >= 0.3 is 0 Å². The predicted octanol–water partition coefficient (Wildman–Crippen LogP) is 3.60. The molecule has 0 bridgehead atoms. The van der Waals surface area contributed by atoms with Gasteiger partial charge in [-0.2, -0.15) is 5.10 Å². The highest BCUT2D eigenvalue weighted by Crippen LogP contribution is 2.11. The van der Waals surface area contributed by atoms with E-state index in [9.17, 15) is 18.5 Å². The van der Waals surface area contributed by atoms with Gasteiger partial charge in [0.1, 0.15) is 0 Å². The number of hydrazone groups is 1. The molecule has 0 aliphatic carbocycles. The number of non-ortho nitro benzene ring substituents is 1. The van der Waals surface area contributed by atoms with Crippen molar-refractivity contribution in [1.82, 2.24) is 4.83 Å². The number of nitro benzene ring substituents is 1. The largest absolute Gasteiger partial charge is 0.270 e. The second-order valence-corrected chi connectivity index (χ2v) is 7.46. The number of nitro groups is 1. The molecule has 0 heterocycles. The van der Waals surface area contributed by atoms with Gasteiger partial charge in [-0.15, -0.1) is 0 Å². The van der Waals surface area contributed by atoms with Gasteiger partial charge in [0, 0.05) is 17.7 Å². The molecule has 0 aliphatic heterocycles. The maximum atomic E-state index is 11.8. The summed E-state index contributed by atoms with van der Waals surface area (Å²) in [4.78, 5) is 12.3. The minimum atomic E-state index is -3.46. The molecule has 0 amide bonds. The summed E-state index contributed by atoms with van der Waals surface area (Å²) in [5.41, 5.74) is 0.396. The van der Waals surface area contributed by atoms with Gasteiger partial charge in [-0.1, -0.05) is 57.6 Å². The molecule has 0 saturated heterocycles. The molecule has 24 heavy (non-hydrogen) atoms. The summed E-state index contributed by atoms with van der Waals surface area (Å²) in [5, 5.41) is 14.3. The van der Waals surface area contributed by atoms with E-state index in [2.05, 4.69) is 16.9 Å². The zero-order valence-electron chi connectivity index (χ0n) is 14.0. The number of hydrogen-bond acceptors (Lipinski definition) is 5. The van der Waals surface area contributed by atoms with Crippen LogP contribution in [0.3, 0.4) is 0 Å². The Morgan fingerprint density at radius 3 is 2.50 bits per heavy atom. The maximum absolute atomic E-state index is 11.8. The van der Waals surface area contributed by atoms with E-state index in [-0.39, 0.29) is 11.4 Å². The van der Waals surface area contributed by atoms with Crippen LogP contribution in [0.4, 0.5) is 5.69 Å². The Balaban J connectivity index is 2.34. The number of benzene rings is 1. The van der Waals surface area contributed by atoms with Crippen molar-refractivity contribution in [2.75, 3.05) is 5.75 Å². The summed E-state index contributed by atoms with van der Waals surface area (Å²) < 4.78 is 23.6. The average Bonchev–Trinajstić information content (AvgIpc) is 2.54. The quantitative estimate of drug-likeness (QED) is 0.268. The molecule has 7 nitrogen and oxygen atoms in total. The molecule has 8 heteroatoms. The zero-order chi connectivity index (χ0) is 17.8. The number of sulfonamides is 1. The molecule has 0 radical (unpaired) electrons. The lowest BCUT2D eigenvalue weighted by Gasteiger charge is -2.03. The third-order valence-electron chi connectivity index (χ3n) is 3.50. The van der Waals surface area contributed by atoms with E-state index in [1.165, 1.54) is 43.7 Å². The second-order valence-electron chi connectivity index (χ2n) is 5.64. The fraction of sp³-hybridized carbons (Fsp3) is 0.562. The van der Waals surface area contributed by atoms with Crippen molar-refractivity contribution in [2.45, 2.75) is 51.9 Å². The standard InChI is InChI=1S/C16H25N3O4S/c1-2-3-4-5-6-7-8-12-24(22,23)18-17-14-15-10-9-11-16(13-15)19(20)21/h9-11,13-14,18H,2-8,12H2,1H3/b17-14+. The van der Waals surface area contributed by atoms with E-state index >= 15 is 0 Å². The Bertz CT molecular complexity index is 644. The van der Waals surface area contributed by atoms with Crippen molar-refractivity contribution in [3.05, 3.63) is 39.9 Å². The molecule has 0 aliphatic rings. The number of unbranched alkanes of at least 4 members (excludes halogenated alkanes) is 6. The molecular weight excluding hydrogens is 330 g/mol. The smallest absolute Gasteiger partial charge is 0.258 e. The van der Waals surface area contributed by atoms with Crippen LogP contribution in [-0.4, -0.2) is 25.3 Å². The van der Waals surface area contributed by atoms with E-state index in [4.69, 9.17) is 0 Å². The van der Waals surface area contributed by atoms with Crippen LogP contribution in [0.25, 0.3) is 0 Å². The van der Waals surface area contributed by atoms with E-state index in [1.54, 1.807) is 6.07 Å². The lowest BCUT2D eigenvalue weighted by molar-refractivity contribution is -0.384. The first kappa shape index (κ1) is 20.1. The van der Waals surface area contributed by atoms with Crippen LogP contribution in [0.5, 0.6) is 0 Å². The van der Waals surface area contributed by atoms with Crippen molar-refractivity contribution < 1.29 is 13.3 Å². The van der Waals surface area contributed by atoms with Crippen molar-refractivity contribution in [1.29, 1.82) is 0 Å². The Morgan fingerprint density at radius 2 is 1.83 bits per heavy atom. The van der Waals surface area contributed by atoms with Crippen molar-refractivity contribution in [3.63, 3.8) is 0 Å². The molecule has 0 fully saturated rings. The molecule has 1 rings (SSSR count). The fourth-order valence-electron chi connectivity index (χ4n) is 2.19.